The van der Waals surface area contributed by atoms with Crippen molar-refractivity contribution in [3.8, 4) is 11.5 Å². The van der Waals surface area contributed by atoms with E-state index in [-0.39, 0.29) is 12.1 Å². The molecule has 0 aliphatic heterocycles. The van der Waals surface area contributed by atoms with Gasteiger partial charge in [0.05, 0.1) is 24.9 Å². The molecule has 0 aliphatic rings. The van der Waals surface area contributed by atoms with E-state index in [2.05, 4.69) is 0 Å². The highest BCUT2D eigenvalue weighted by Crippen LogP contribution is 2.29. The molecular formula is C15H22O4. The van der Waals surface area contributed by atoms with E-state index >= 15 is 0 Å². The first-order valence-corrected chi connectivity index (χ1v) is 6.69. The van der Waals surface area contributed by atoms with Gasteiger partial charge in [0.15, 0.2) is 11.5 Å². The molecule has 0 N–H and O–H groups in total. The zero-order valence-corrected chi connectivity index (χ0v) is 12.1. The zero-order valence-electron chi connectivity index (χ0n) is 12.1. The van der Waals surface area contributed by atoms with Crippen LogP contribution >= 0.6 is 0 Å². The van der Waals surface area contributed by atoms with Crippen LogP contribution in [-0.2, 0) is 4.74 Å². The van der Waals surface area contributed by atoms with Crippen LogP contribution in [0.15, 0.2) is 18.2 Å². The Morgan fingerprint density at radius 3 is 2.53 bits per heavy atom. The fraction of sp³-hybridized carbons (Fsp3) is 0.533. The number of benzene rings is 1. The van der Waals surface area contributed by atoms with E-state index in [9.17, 15) is 4.79 Å². The van der Waals surface area contributed by atoms with Gasteiger partial charge in [-0.3, -0.25) is 0 Å². The topological polar surface area (TPSA) is 44.8 Å². The second-order valence-corrected chi connectivity index (χ2v) is 4.40. The summed E-state index contributed by atoms with van der Waals surface area (Å²) >= 11 is 0. The third-order valence-electron chi connectivity index (χ3n) is 2.28. The summed E-state index contributed by atoms with van der Waals surface area (Å²) in [7, 11) is 0. The minimum absolute atomic E-state index is 0.0529. The number of esters is 1. The number of hydrogen-bond acceptors (Lipinski definition) is 4. The summed E-state index contributed by atoms with van der Waals surface area (Å²) in [6.45, 7) is 8.67. The van der Waals surface area contributed by atoms with Gasteiger partial charge in [0, 0.05) is 0 Å². The molecule has 106 valence electrons. The SMILES string of the molecule is CCCOC(=O)c1ccc(OC(C)C)c(OCC)c1. The van der Waals surface area contributed by atoms with Gasteiger partial charge in [-0.05, 0) is 45.4 Å². The summed E-state index contributed by atoms with van der Waals surface area (Å²) in [5.41, 5.74) is 0.480. The standard InChI is InChI=1S/C15H22O4/c1-5-9-18-15(16)12-7-8-13(19-11(3)4)14(10-12)17-6-2/h7-8,10-11H,5-6,9H2,1-4H3. The van der Waals surface area contributed by atoms with Crippen molar-refractivity contribution >= 4 is 5.97 Å². The Morgan fingerprint density at radius 1 is 1.21 bits per heavy atom. The molecule has 0 saturated carbocycles. The van der Waals surface area contributed by atoms with Crippen molar-refractivity contribution in [1.82, 2.24) is 0 Å². The monoisotopic (exact) mass is 266 g/mol. The van der Waals surface area contributed by atoms with Crippen LogP contribution in [0, 0.1) is 0 Å². The first kappa shape index (κ1) is 15.3. The number of carbonyl (C=O) groups excluding carboxylic acids is 1. The predicted molar refractivity (Wildman–Crippen MR) is 73.9 cm³/mol. The first-order valence-electron chi connectivity index (χ1n) is 6.69. The average Bonchev–Trinajstić information content (AvgIpc) is 2.37. The molecule has 4 nitrogen and oxygen atoms in total. The molecule has 0 atom stereocenters. The van der Waals surface area contributed by atoms with Gasteiger partial charge in [-0.2, -0.15) is 0 Å². The maximum atomic E-state index is 11.8. The number of hydrogen-bond donors (Lipinski definition) is 0. The molecule has 0 aliphatic carbocycles. The second-order valence-electron chi connectivity index (χ2n) is 4.40. The highest BCUT2D eigenvalue weighted by Gasteiger charge is 2.13. The Kier molecular flexibility index (Phi) is 6.19. The van der Waals surface area contributed by atoms with Crippen molar-refractivity contribution in [3.05, 3.63) is 23.8 Å². The number of ether oxygens (including phenoxy) is 3. The number of carbonyl (C=O) groups is 1. The molecular weight excluding hydrogens is 244 g/mol. The predicted octanol–water partition coefficient (Wildman–Crippen LogP) is 3.44. The second kappa shape index (κ2) is 7.67. The molecule has 0 unspecified atom stereocenters. The Balaban J connectivity index is 2.91. The lowest BCUT2D eigenvalue weighted by atomic mass is 10.2. The minimum Gasteiger partial charge on any atom is -0.490 e. The van der Waals surface area contributed by atoms with Crippen molar-refractivity contribution in [2.24, 2.45) is 0 Å². The fourth-order valence-electron chi connectivity index (χ4n) is 1.53. The molecule has 0 heterocycles. The third-order valence-corrected chi connectivity index (χ3v) is 2.28. The van der Waals surface area contributed by atoms with Crippen LogP contribution in [0.25, 0.3) is 0 Å². The molecule has 4 heteroatoms. The van der Waals surface area contributed by atoms with Crippen LogP contribution in [0.3, 0.4) is 0 Å². The van der Waals surface area contributed by atoms with E-state index in [0.29, 0.717) is 30.3 Å². The lowest BCUT2D eigenvalue weighted by molar-refractivity contribution is 0.0504. The molecule has 19 heavy (non-hydrogen) atoms. The van der Waals surface area contributed by atoms with Gasteiger partial charge in [-0.25, -0.2) is 4.79 Å². The molecule has 0 saturated heterocycles. The molecule has 1 aromatic carbocycles. The van der Waals surface area contributed by atoms with Crippen LogP contribution in [0.5, 0.6) is 11.5 Å². The normalized spacial score (nSPS) is 10.4. The van der Waals surface area contributed by atoms with E-state index in [4.69, 9.17) is 14.2 Å². The molecule has 0 amide bonds. The average molecular weight is 266 g/mol. The minimum atomic E-state index is -0.334. The van der Waals surface area contributed by atoms with Crippen LogP contribution in [0.2, 0.25) is 0 Å². The highest BCUT2D eigenvalue weighted by atomic mass is 16.5. The van der Waals surface area contributed by atoms with Crippen molar-refractivity contribution < 1.29 is 19.0 Å². The summed E-state index contributed by atoms with van der Waals surface area (Å²) in [4.78, 5) is 11.8. The van der Waals surface area contributed by atoms with E-state index < -0.39 is 0 Å². The van der Waals surface area contributed by atoms with E-state index in [1.807, 2.05) is 27.7 Å². The quantitative estimate of drug-likeness (QED) is 0.709. The summed E-state index contributed by atoms with van der Waals surface area (Å²) in [5.74, 6) is 0.880. The molecule has 0 bridgehead atoms. The Hall–Kier alpha value is -1.71. The van der Waals surface area contributed by atoms with Crippen LogP contribution in [0.4, 0.5) is 0 Å². The van der Waals surface area contributed by atoms with Gasteiger partial charge in [-0.1, -0.05) is 6.92 Å². The van der Waals surface area contributed by atoms with Crippen LogP contribution in [0.1, 0.15) is 44.5 Å². The van der Waals surface area contributed by atoms with Crippen molar-refractivity contribution in [3.63, 3.8) is 0 Å². The Labute approximate surface area is 114 Å². The molecule has 1 rings (SSSR count). The zero-order chi connectivity index (χ0) is 14.3. The van der Waals surface area contributed by atoms with Crippen molar-refractivity contribution in [1.29, 1.82) is 0 Å². The van der Waals surface area contributed by atoms with E-state index in [1.54, 1.807) is 18.2 Å². The van der Waals surface area contributed by atoms with Crippen LogP contribution in [-0.4, -0.2) is 25.3 Å². The number of rotatable bonds is 7. The smallest absolute Gasteiger partial charge is 0.338 e. The fourth-order valence-corrected chi connectivity index (χ4v) is 1.53. The van der Waals surface area contributed by atoms with Crippen molar-refractivity contribution in [2.45, 2.75) is 40.2 Å². The maximum Gasteiger partial charge on any atom is 0.338 e. The lowest BCUT2D eigenvalue weighted by Crippen LogP contribution is -2.09. The van der Waals surface area contributed by atoms with Gasteiger partial charge in [-0.15, -0.1) is 0 Å². The summed E-state index contributed by atoms with van der Waals surface area (Å²) < 4.78 is 16.2. The van der Waals surface area contributed by atoms with Gasteiger partial charge >= 0.3 is 5.97 Å². The lowest BCUT2D eigenvalue weighted by Gasteiger charge is -2.15. The largest absolute Gasteiger partial charge is 0.490 e. The highest BCUT2D eigenvalue weighted by molar-refractivity contribution is 5.90. The van der Waals surface area contributed by atoms with Gasteiger partial charge in [0.25, 0.3) is 0 Å². The molecule has 0 spiro atoms. The van der Waals surface area contributed by atoms with Crippen molar-refractivity contribution in [2.75, 3.05) is 13.2 Å². The molecule has 0 radical (unpaired) electrons. The van der Waals surface area contributed by atoms with Crippen LogP contribution < -0.4 is 9.47 Å². The van der Waals surface area contributed by atoms with E-state index in [1.165, 1.54) is 0 Å². The maximum absolute atomic E-state index is 11.8. The summed E-state index contributed by atoms with van der Waals surface area (Å²) in [5, 5.41) is 0. The van der Waals surface area contributed by atoms with Gasteiger partial charge in [0.1, 0.15) is 0 Å². The Morgan fingerprint density at radius 2 is 1.95 bits per heavy atom. The Bertz CT molecular complexity index is 413. The molecule has 1 aromatic rings. The first-order chi connectivity index (χ1) is 9.08. The van der Waals surface area contributed by atoms with Gasteiger partial charge in [0.2, 0.25) is 0 Å². The third kappa shape index (κ3) is 4.81. The summed E-state index contributed by atoms with van der Waals surface area (Å²) in [6, 6.07) is 5.10. The van der Waals surface area contributed by atoms with E-state index in [0.717, 1.165) is 6.42 Å². The molecule has 0 aromatic heterocycles. The molecule has 0 fully saturated rings. The van der Waals surface area contributed by atoms with Gasteiger partial charge < -0.3 is 14.2 Å². The summed E-state index contributed by atoms with van der Waals surface area (Å²) in [6.07, 6.45) is 0.857.